The van der Waals surface area contributed by atoms with Crippen molar-refractivity contribution < 1.29 is 19.7 Å². The van der Waals surface area contributed by atoms with Crippen molar-refractivity contribution in [3.05, 3.63) is 34.4 Å². The summed E-state index contributed by atoms with van der Waals surface area (Å²) >= 11 is 0. The lowest BCUT2D eigenvalue weighted by molar-refractivity contribution is -0.284. The Morgan fingerprint density at radius 1 is 0.931 bits per heavy atom. The summed E-state index contributed by atoms with van der Waals surface area (Å²) in [5.74, 6) is 0.298. The second kappa shape index (κ2) is 6.18. The highest BCUT2D eigenvalue weighted by molar-refractivity contribution is 5.29. The largest absolute Gasteiger partial charge is 0.431 e. The van der Waals surface area contributed by atoms with E-state index in [1.807, 2.05) is 6.07 Å². The molecule has 8 atom stereocenters. The normalized spacial score (nSPS) is 51.8. The highest BCUT2D eigenvalue weighted by Crippen LogP contribution is 2.71. The van der Waals surface area contributed by atoms with Gasteiger partial charge in [-0.25, -0.2) is 4.79 Å². The molecule has 3 N–H and O–H groups in total. The highest BCUT2D eigenvalue weighted by Gasteiger charge is 2.72. The van der Waals surface area contributed by atoms with E-state index >= 15 is 0 Å². The minimum atomic E-state index is -0.926. The Bertz CT molecular complexity index is 845. The van der Waals surface area contributed by atoms with Gasteiger partial charge in [0.1, 0.15) is 0 Å². The van der Waals surface area contributed by atoms with Gasteiger partial charge in [0.25, 0.3) is 0 Å². The third-order valence-corrected chi connectivity index (χ3v) is 10.1. The highest BCUT2D eigenvalue weighted by atomic mass is 16.4. The summed E-state index contributed by atoms with van der Waals surface area (Å²) in [7, 11) is 0. The molecule has 0 saturated heterocycles. The van der Waals surface area contributed by atoms with Gasteiger partial charge in [0.15, 0.2) is 0 Å². The number of rotatable bonds is 1. The summed E-state index contributed by atoms with van der Waals surface area (Å²) in [4.78, 5) is 11.4. The molecule has 4 aliphatic carbocycles. The topological polar surface area (TPSA) is 90.9 Å². The first kappa shape index (κ1) is 19.8. The first-order valence-electron chi connectivity index (χ1n) is 11.4. The fourth-order valence-corrected chi connectivity index (χ4v) is 8.27. The number of aliphatic hydroxyl groups excluding tert-OH is 1. The average molecular weight is 403 g/mol. The molecule has 1 aromatic heterocycles. The van der Waals surface area contributed by atoms with Crippen molar-refractivity contribution in [3.8, 4) is 0 Å². The molecular weight excluding hydrogens is 368 g/mol. The molecule has 5 heteroatoms. The van der Waals surface area contributed by atoms with E-state index in [4.69, 9.17) is 4.42 Å². The molecule has 29 heavy (non-hydrogen) atoms. The standard InChI is InChI=1S/C24H34O5/c1-21-9-7-17(25)13-16(21)4-5-19-23(27)10-8-18(15-3-6-20(26)29-14-15)22(23,2)11-12-24(19,21)28/h3,6,14,16-19,25,27-28H,4-5,7-13H2,1-2H3. The summed E-state index contributed by atoms with van der Waals surface area (Å²) in [6.45, 7) is 4.38. The fraction of sp³-hybridized carbons (Fsp3) is 0.792. The summed E-state index contributed by atoms with van der Waals surface area (Å²) in [6.07, 6.45) is 8.37. The first-order valence-corrected chi connectivity index (χ1v) is 11.4. The van der Waals surface area contributed by atoms with E-state index in [2.05, 4.69) is 13.8 Å². The zero-order valence-corrected chi connectivity index (χ0v) is 17.6. The van der Waals surface area contributed by atoms with Crippen LogP contribution in [0, 0.1) is 22.7 Å². The molecule has 4 aliphatic rings. The van der Waals surface area contributed by atoms with Gasteiger partial charge in [-0.2, -0.15) is 0 Å². The van der Waals surface area contributed by atoms with Crippen LogP contribution in [0.5, 0.6) is 0 Å². The molecule has 1 heterocycles. The fourth-order valence-electron chi connectivity index (χ4n) is 8.27. The minimum absolute atomic E-state index is 0.125. The van der Waals surface area contributed by atoms with Crippen LogP contribution in [0.25, 0.3) is 0 Å². The van der Waals surface area contributed by atoms with E-state index in [1.54, 1.807) is 6.26 Å². The Morgan fingerprint density at radius 3 is 2.41 bits per heavy atom. The van der Waals surface area contributed by atoms with Crippen molar-refractivity contribution in [3.63, 3.8) is 0 Å². The summed E-state index contributed by atoms with van der Waals surface area (Å²) in [6, 6.07) is 3.31. The third kappa shape index (κ3) is 2.41. The molecule has 8 unspecified atom stereocenters. The molecule has 5 nitrogen and oxygen atoms in total. The minimum Gasteiger partial charge on any atom is -0.431 e. The molecule has 0 bridgehead atoms. The zero-order chi connectivity index (χ0) is 20.7. The van der Waals surface area contributed by atoms with Crippen LogP contribution in [0.4, 0.5) is 0 Å². The number of hydrogen-bond donors (Lipinski definition) is 3. The van der Waals surface area contributed by atoms with Gasteiger partial charge in [0.05, 0.1) is 23.6 Å². The average Bonchev–Trinajstić information content (AvgIpc) is 2.96. The predicted octanol–water partition coefficient (Wildman–Crippen LogP) is 3.36. The van der Waals surface area contributed by atoms with Crippen LogP contribution >= 0.6 is 0 Å². The molecule has 0 aliphatic heterocycles. The molecule has 1 aromatic rings. The maximum atomic E-state index is 12.2. The Balaban J connectivity index is 1.53. The zero-order valence-electron chi connectivity index (χ0n) is 17.6. The van der Waals surface area contributed by atoms with Crippen molar-refractivity contribution in [2.24, 2.45) is 22.7 Å². The second-order valence-corrected chi connectivity index (χ2v) is 10.9. The molecule has 0 spiro atoms. The summed E-state index contributed by atoms with van der Waals surface area (Å²) < 4.78 is 5.14. The third-order valence-electron chi connectivity index (χ3n) is 10.1. The number of hydrogen-bond acceptors (Lipinski definition) is 5. The van der Waals surface area contributed by atoms with Gasteiger partial charge in [-0.05, 0) is 86.7 Å². The monoisotopic (exact) mass is 402 g/mol. The number of aliphatic hydroxyl groups is 3. The van der Waals surface area contributed by atoms with Crippen LogP contribution in [0.3, 0.4) is 0 Å². The van der Waals surface area contributed by atoms with Gasteiger partial charge < -0.3 is 19.7 Å². The van der Waals surface area contributed by atoms with E-state index in [-0.39, 0.29) is 34.4 Å². The van der Waals surface area contributed by atoms with Gasteiger partial charge in [-0.15, -0.1) is 0 Å². The Labute approximate surface area is 172 Å². The van der Waals surface area contributed by atoms with E-state index < -0.39 is 11.2 Å². The van der Waals surface area contributed by atoms with Crippen LogP contribution < -0.4 is 5.63 Å². The van der Waals surface area contributed by atoms with Crippen LogP contribution in [-0.4, -0.2) is 32.6 Å². The Hall–Kier alpha value is -1.17. The van der Waals surface area contributed by atoms with Crippen molar-refractivity contribution >= 4 is 0 Å². The van der Waals surface area contributed by atoms with E-state index in [1.165, 1.54) is 6.07 Å². The van der Waals surface area contributed by atoms with Crippen LogP contribution in [0.15, 0.2) is 27.6 Å². The SMILES string of the molecule is CC12CCC(O)CC1CCC1C2(O)CCC2(C)C(c3ccc(=O)oc3)CCC12O. The van der Waals surface area contributed by atoms with Crippen LogP contribution in [0.1, 0.15) is 83.1 Å². The molecule has 0 amide bonds. The maximum Gasteiger partial charge on any atom is 0.335 e. The Morgan fingerprint density at radius 2 is 1.69 bits per heavy atom. The van der Waals surface area contributed by atoms with Gasteiger partial charge in [-0.1, -0.05) is 13.8 Å². The van der Waals surface area contributed by atoms with Gasteiger partial charge in [0.2, 0.25) is 0 Å². The lowest BCUT2D eigenvalue weighted by Crippen LogP contribution is -2.71. The Kier molecular flexibility index (Phi) is 4.21. The quantitative estimate of drug-likeness (QED) is 0.670. The lowest BCUT2D eigenvalue weighted by atomic mass is 9.41. The van der Waals surface area contributed by atoms with Crippen LogP contribution in [-0.2, 0) is 0 Å². The van der Waals surface area contributed by atoms with Gasteiger partial charge in [0, 0.05) is 17.4 Å². The predicted molar refractivity (Wildman–Crippen MR) is 108 cm³/mol. The summed E-state index contributed by atoms with van der Waals surface area (Å²) in [5, 5.41) is 34.5. The lowest BCUT2D eigenvalue weighted by Gasteiger charge is -2.67. The summed E-state index contributed by atoms with van der Waals surface area (Å²) in [5.41, 5.74) is -1.77. The van der Waals surface area contributed by atoms with Crippen molar-refractivity contribution in [2.45, 2.75) is 94.9 Å². The first-order chi connectivity index (χ1) is 13.6. The second-order valence-electron chi connectivity index (χ2n) is 10.9. The maximum absolute atomic E-state index is 12.2. The van der Waals surface area contributed by atoms with Crippen LogP contribution in [0.2, 0.25) is 0 Å². The molecule has 0 aromatic carbocycles. The van der Waals surface area contributed by atoms with E-state index in [0.717, 1.165) is 50.5 Å². The molecule has 4 fully saturated rings. The smallest absolute Gasteiger partial charge is 0.335 e. The van der Waals surface area contributed by atoms with Gasteiger partial charge in [-0.3, -0.25) is 0 Å². The van der Waals surface area contributed by atoms with Gasteiger partial charge >= 0.3 is 5.63 Å². The molecular formula is C24H34O5. The van der Waals surface area contributed by atoms with Crippen molar-refractivity contribution in [1.82, 2.24) is 0 Å². The molecule has 5 rings (SSSR count). The van der Waals surface area contributed by atoms with Crippen molar-refractivity contribution in [2.75, 3.05) is 0 Å². The van der Waals surface area contributed by atoms with Crippen molar-refractivity contribution in [1.29, 1.82) is 0 Å². The van der Waals surface area contributed by atoms with E-state index in [9.17, 15) is 20.1 Å². The molecule has 4 saturated carbocycles. The molecule has 160 valence electrons. The number of fused-ring (bicyclic) bond motifs is 5. The van der Waals surface area contributed by atoms with E-state index in [0.29, 0.717) is 18.8 Å². The molecule has 0 radical (unpaired) electrons.